The maximum absolute atomic E-state index is 5.88. The summed E-state index contributed by atoms with van der Waals surface area (Å²) in [6.07, 6.45) is -0.0352. The standard InChI is InChI=1S/C13H14BrClN4O/c1-7(2)20-13-18-11(15)17-12(19-13)16-10-6-8(3)4-5-9(10)14/h4-7H,1-3H3,(H,16,17,18,19). The zero-order chi connectivity index (χ0) is 14.7. The van der Waals surface area contributed by atoms with Gasteiger partial charge in [-0.15, -0.1) is 0 Å². The molecule has 5 nitrogen and oxygen atoms in total. The van der Waals surface area contributed by atoms with Crippen LogP contribution >= 0.6 is 27.5 Å². The van der Waals surface area contributed by atoms with Crippen molar-refractivity contribution < 1.29 is 4.74 Å². The second-order valence-corrected chi connectivity index (χ2v) is 5.68. The number of halogens is 2. The van der Waals surface area contributed by atoms with E-state index >= 15 is 0 Å². The normalized spacial score (nSPS) is 10.7. The number of aromatic nitrogens is 3. The first-order valence-corrected chi connectivity index (χ1v) is 7.22. The van der Waals surface area contributed by atoms with Crippen molar-refractivity contribution in [1.29, 1.82) is 0 Å². The van der Waals surface area contributed by atoms with Crippen LogP contribution in [0.25, 0.3) is 0 Å². The van der Waals surface area contributed by atoms with Crippen LogP contribution in [0.3, 0.4) is 0 Å². The van der Waals surface area contributed by atoms with Gasteiger partial charge in [-0.3, -0.25) is 0 Å². The van der Waals surface area contributed by atoms with E-state index in [-0.39, 0.29) is 17.4 Å². The number of anilines is 2. The zero-order valence-electron chi connectivity index (χ0n) is 11.3. The highest BCUT2D eigenvalue weighted by Gasteiger charge is 2.09. The SMILES string of the molecule is Cc1ccc(Br)c(Nc2nc(Cl)nc(OC(C)C)n2)c1. The van der Waals surface area contributed by atoms with Gasteiger partial charge in [0.2, 0.25) is 11.2 Å². The molecule has 1 N–H and O–H groups in total. The first-order valence-electron chi connectivity index (χ1n) is 6.05. The first-order chi connectivity index (χ1) is 9.44. The van der Waals surface area contributed by atoms with E-state index in [0.717, 1.165) is 15.7 Å². The van der Waals surface area contributed by atoms with E-state index in [1.54, 1.807) is 0 Å². The summed E-state index contributed by atoms with van der Waals surface area (Å²) in [5, 5.41) is 3.18. The summed E-state index contributed by atoms with van der Waals surface area (Å²) in [5.74, 6) is 0.340. The zero-order valence-corrected chi connectivity index (χ0v) is 13.7. The Morgan fingerprint density at radius 3 is 2.70 bits per heavy atom. The molecule has 1 aromatic heterocycles. The highest BCUT2D eigenvalue weighted by molar-refractivity contribution is 9.10. The number of rotatable bonds is 4. The van der Waals surface area contributed by atoms with Crippen LogP contribution in [0.15, 0.2) is 22.7 Å². The Hall–Kier alpha value is -1.40. The van der Waals surface area contributed by atoms with Gasteiger partial charge in [0.05, 0.1) is 11.8 Å². The number of hydrogen-bond donors (Lipinski definition) is 1. The first kappa shape index (κ1) is 15.0. The van der Waals surface area contributed by atoms with Crippen molar-refractivity contribution >= 4 is 39.2 Å². The molecule has 0 unspecified atom stereocenters. The van der Waals surface area contributed by atoms with Crippen molar-refractivity contribution in [2.24, 2.45) is 0 Å². The molecule has 0 aliphatic carbocycles. The molecule has 0 bridgehead atoms. The van der Waals surface area contributed by atoms with Crippen molar-refractivity contribution in [3.63, 3.8) is 0 Å². The largest absolute Gasteiger partial charge is 0.461 e. The maximum Gasteiger partial charge on any atom is 0.322 e. The molecule has 20 heavy (non-hydrogen) atoms. The molecule has 0 amide bonds. The molecule has 0 saturated heterocycles. The lowest BCUT2D eigenvalue weighted by molar-refractivity contribution is 0.222. The Kier molecular flexibility index (Phi) is 4.77. The number of ether oxygens (including phenoxy) is 1. The molecule has 0 fully saturated rings. The van der Waals surface area contributed by atoms with E-state index in [4.69, 9.17) is 16.3 Å². The van der Waals surface area contributed by atoms with E-state index in [9.17, 15) is 0 Å². The van der Waals surface area contributed by atoms with E-state index < -0.39 is 0 Å². The van der Waals surface area contributed by atoms with Crippen LogP contribution in [0, 0.1) is 6.92 Å². The van der Waals surface area contributed by atoms with E-state index in [1.807, 2.05) is 39.0 Å². The van der Waals surface area contributed by atoms with E-state index in [1.165, 1.54) is 0 Å². The van der Waals surface area contributed by atoms with Crippen LogP contribution in [0.1, 0.15) is 19.4 Å². The minimum absolute atomic E-state index is 0.0352. The highest BCUT2D eigenvalue weighted by atomic mass is 79.9. The lowest BCUT2D eigenvalue weighted by Crippen LogP contribution is -2.10. The second-order valence-electron chi connectivity index (χ2n) is 4.49. The summed E-state index contributed by atoms with van der Waals surface area (Å²) in [7, 11) is 0. The lowest BCUT2D eigenvalue weighted by Gasteiger charge is -2.11. The molecule has 0 aliphatic rings. The Morgan fingerprint density at radius 2 is 2.00 bits per heavy atom. The Labute approximate surface area is 130 Å². The van der Waals surface area contributed by atoms with Gasteiger partial charge < -0.3 is 10.1 Å². The third kappa shape index (κ3) is 4.05. The number of nitrogens with one attached hydrogen (secondary N) is 1. The Bertz CT molecular complexity index is 621. The van der Waals surface area contributed by atoms with Gasteiger partial charge in [-0.05, 0) is 66.0 Å². The van der Waals surface area contributed by atoms with Crippen molar-refractivity contribution in [2.75, 3.05) is 5.32 Å². The average molecular weight is 358 g/mol. The van der Waals surface area contributed by atoms with Crippen LogP contribution in [0.4, 0.5) is 11.6 Å². The summed E-state index contributed by atoms with van der Waals surface area (Å²) < 4.78 is 6.34. The maximum atomic E-state index is 5.88. The van der Waals surface area contributed by atoms with E-state index in [0.29, 0.717) is 5.95 Å². The van der Waals surface area contributed by atoms with Gasteiger partial charge in [0, 0.05) is 4.47 Å². The number of aryl methyl sites for hydroxylation is 1. The van der Waals surface area contributed by atoms with Crippen LogP contribution in [0.5, 0.6) is 6.01 Å². The van der Waals surface area contributed by atoms with Gasteiger partial charge in [-0.1, -0.05) is 6.07 Å². The van der Waals surface area contributed by atoms with Gasteiger partial charge >= 0.3 is 6.01 Å². The predicted octanol–water partition coefficient (Wildman–Crippen LogP) is 4.13. The van der Waals surface area contributed by atoms with Gasteiger partial charge in [0.1, 0.15) is 0 Å². The fraction of sp³-hybridized carbons (Fsp3) is 0.308. The molecule has 106 valence electrons. The van der Waals surface area contributed by atoms with Crippen LogP contribution in [0.2, 0.25) is 5.28 Å². The van der Waals surface area contributed by atoms with Crippen LogP contribution < -0.4 is 10.1 Å². The number of hydrogen-bond acceptors (Lipinski definition) is 5. The quantitative estimate of drug-likeness (QED) is 0.891. The monoisotopic (exact) mass is 356 g/mol. The van der Waals surface area contributed by atoms with Crippen molar-refractivity contribution in [1.82, 2.24) is 15.0 Å². The van der Waals surface area contributed by atoms with Gasteiger partial charge in [0.15, 0.2) is 0 Å². The van der Waals surface area contributed by atoms with Crippen molar-refractivity contribution in [3.05, 3.63) is 33.5 Å². The van der Waals surface area contributed by atoms with Crippen molar-refractivity contribution in [2.45, 2.75) is 26.9 Å². The van der Waals surface area contributed by atoms with Gasteiger partial charge in [-0.25, -0.2) is 0 Å². The molecular formula is C13H14BrClN4O. The fourth-order valence-corrected chi connectivity index (χ4v) is 2.00. The van der Waals surface area contributed by atoms with Gasteiger partial charge in [-0.2, -0.15) is 15.0 Å². The average Bonchev–Trinajstić information content (AvgIpc) is 2.32. The minimum atomic E-state index is -0.0352. The molecule has 0 radical (unpaired) electrons. The minimum Gasteiger partial charge on any atom is -0.461 e. The summed E-state index contributed by atoms with van der Waals surface area (Å²) in [5.41, 5.74) is 1.97. The molecule has 1 aromatic carbocycles. The molecule has 1 heterocycles. The van der Waals surface area contributed by atoms with Crippen LogP contribution in [-0.4, -0.2) is 21.1 Å². The van der Waals surface area contributed by atoms with Crippen molar-refractivity contribution in [3.8, 4) is 6.01 Å². The topological polar surface area (TPSA) is 59.9 Å². The molecule has 0 atom stereocenters. The molecule has 0 spiro atoms. The molecule has 0 saturated carbocycles. The number of nitrogens with zero attached hydrogens (tertiary/aromatic N) is 3. The summed E-state index contributed by atoms with van der Waals surface area (Å²) in [6, 6.07) is 6.13. The predicted molar refractivity (Wildman–Crippen MR) is 82.8 cm³/mol. The second kappa shape index (κ2) is 6.37. The summed E-state index contributed by atoms with van der Waals surface area (Å²) >= 11 is 9.34. The smallest absolute Gasteiger partial charge is 0.322 e. The highest BCUT2D eigenvalue weighted by Crippen LogP contribution is 2.26. The Balaban J connectivity index is 2.28. The summed E-state index contributed by atoms with van der Waals surface area (Å²) in [4.78, 5) is 12.1. The summed E-state index contributed by atoms with van der Waals surface area (Å²) in [6.45, 7) is 5.79. The van der Waals surface area contributed by atoms with E-state index in [2.05, 4.69) is 36.2 Å². The Morgan fingerprint density at radius 1 is 1.25 bits per heavy atom. The number of benzene rings is 1. The molecule has 2 rings (SSSR count). The molecule has 0 aliphatic heterocycles. The third-order valence-electron chi connectivity index (χ3n) is 2.30. The van der Waals surface area contributed by atoms with Gasteiger partial charge in [0.25, 0.3) is 0 Å². The molecule has 7 heteroatoms. The third-order valence-corrected chi connectivity index (χ3v) is 3.16. The molecular weight excluding hydrogens is 344 g/mol. The molecule has 2 aromatic rings. The lowest BCUT2D eigenvalue weighted by atomic mass is 10.2. The fourth-order valence-electron chi connectivity index (χ4n) is 1.51. The van der Waals surface area contributed by atoms with Crippen LogP contribution in [-0.2, 0) is 0 Å².